The molecule has 0 spiro atoms. The van der Waals surface area contributed by atoms with Gasteiger partial charge in [-0.2, -0.15) is 0 Å². The molecule has 2 aliphatic carbocycles. The zero-order valence-electron chi connectivity index (χ0n) is 15.6. The maximum atomic E-state index is 11.6. The molecule has 0 amide bonds. The lowest BCUT2D eigenvalue weighted by Gasteiger charge is -2.58. The molecule has 0 bridgehead atoms. The zero-order chi connectivity index (χ0) is 20.2. The standard InChI is InChI=1S/C17H26N2O6S2/c1-16-5-4-12(21)17(2,8-20)11(16)7-10-14(9(16)6-13(22)23)18-15(26-10)19-27(3,24)25/h9,11-12,20-21H,4-8H2,1-3H3,(H,18,19)(H,22,23). The van der Waals surface area contributed by atoms with Crippen molar-refractivity contribution in [1.82, 2.24) is 4.98 Å². The average molecular weight is 419 g/mol. The highest BCUT2D eigenvalue weighted by Gasteiger charge is 2.59. The number of aliphatic hydroxyl groups excluding tert-OH is 2. The molecule has 27 heavy (non-hydrogen) atoms. The Balaban J connectivity index is 2.12. The van der Waals surface area contributed by atoms with Gasteiger partial charge in [-0.25, -0.2) is 13.4 Å². The van der Waals surface area contributed by atoms with Crippen LogP contribution in [0, 0.1) is 16.7 Å². The highest BCUT2D eigenvalue weighted by atomic mass is 32.2. The molecule has 5 unspecified atom stereocenters. The Hall–Kier alpha value is -1.23. The molecule has 10 heteroatoms. The summed E-state index contributed by atoms with van der Waals surface area (Å²) in [6.45, 7) is 3.66. The summed E-state index contributed by atoms with van der Waals surface area (Å²) in [7, 11) is -3.49. The molecule has 2 aliphatic rings. The number of fused-ring (bicyclic) bond motifs is 2. The summed E-state index contributed by atoms with van der Waals surface area (Å²) < 4.78 is 25.5. The normalized spacial score (nSPS) is 36.0. The van der Waals surface area contributed by atoms with Crippen LogP contribution in [0.5, 0.6) is 0 Å². The quantitative estimate of drug-likeness (QED) is 0.567. The van der Waals surface area contributed by atoms with E-state index in [0.717, 1.165) is 11.1 Å². The molecule has 1 aromatic rings. The number of nitrogens with zero attached hydrogens (tertiary/aromatic N) is 1. The summed E-state index contributed by atoms with van der Waals surface area (Å²) in [4.78, 5) is 16.9. The largest absolute Gasteiger partial charge is 0.481 e. The van der Waals surface area contributed by atoms with E-state index >= 15 is 0 Å². The van der Waals surface area contributed by atoms with Crippen molar-refractivity contribution in [2.24, 2.45) is 16.7 Å². The minimum atomic E-state index is -3.49. The summed E-state index contributed by atoms with van der Waals surface area (Å²) in [5, 5.41) is 30.4. The van der Waals surface area contributed by atoms with Gasteiger partial charge in [0.2, 0.25) is 10.0 Å². The Bertz CT molecular complexity index is 854. The Morgan fingerprint density at radius 2 is 2.07 bits per heavy atom. The lowest BCUT2D eigenvalue weighted by molar-refractivity contribution is -0.150. The summed E-state index contributed by atoms with van der Waals surface area (Å²) >= 11 is 1.20. The maximum Gasteiger partial charge on any atom is 0.304 e. The summed E-state index contributed by atoms with van der Waals surface area (Å²) in [5.41, 5.74) is -0.585. The number of rotatable bonds is 5. The van der Waals surface area contributed by atoms with Crippen LogP contribution in [0.2, 0.25) is 0 Å². The van der Waals surface area contributed by atoms with E-state index in [0.29, 0.717) is 25.0 Å². The smallest absolute Gasteiger partial charge is 0.304 e. The van der Waals surface area contributed by atoms with Gasteiger partial charge >= 0.3 is 5.97 Å². The van der Waals surface area contributed by atoms with Crippen LogP contribution in [0.4, 0.5) is 5.13 Å². The fourth-order valence-corrected chi connectivity index (χ4v) is 6.93. The number of nitrogens with one attached hydrogen (secondary N) is 1. The van der Waals surface area contributed by atoms with E-state index < -0.39 is 38.8 Å². The molecule has 8 nitrogen and oxygen atoms in total. The number of hydrogen-bond acceptors (Lipinski definition) is 7. The van der Waals surface area contributed by atoms with Gasteiger partial charge in [-0.05, 0) is 30.6 Å². The number of aliphatic carboxylic acids is 1. The molecule has 0 radical (unpaired) electrons. The van der Waals surface area contributed by atoms with Gasteiger partial charge in [0, 0.05) is 16.2 Å². The highest BCUT2D eigenvalue weighted by molar-refractivity contribution is 7.92. The van der Waals surface area contributed by atoms with Gasteiger partial charge in [0.05, 0.1) is 31.1 Å². The second kappa shape index (κ2) is 6.68. The molecule has 0 aliphatic heterocycles. The number of sulfonamides is 1. The molecule has 1 aromatic heterocycles. The van der Waals surface area contributed by atoms with E-state index in [4.69, 9.17) is 0 Å². The van der Waals surface area contributed by atoms with Gasteiger partial charge < -0.3 is 15.3 Å². The van der Waals surface area contributed by atoms with Crippen LogP contribution in [0.1, 0.15) is 49.6 Å². The number of hydrogen-bond donors (Lipinski definition) is 4. The van der Waals surface area contributed by atoms with Crippen molar-refractivity contribution in [3.8, 4) is 0 Å². The second-order valence-electron chi connectivity index (χ2n) is 8.33. The summed E-state index contributed by atoms with van der Waals surface area (Å²) in [6.07, 6.45) is 1.88. The van der Waals surface area contributed by atoms with Gasteiger partial charge in [-0.1, -0.05) is 13.8 Å². The molecular weight excluding hydrogens is 392 g/mol. The van der Waals surface area contributed by atoms with E-state index in [1.165, 1.54) is 11.3 Å². The number of carboxylic acids is 1. The van der Waals surface area contributed by atoms with Crippen LogP contribution in [0.25, 0.3) is 0 Å². The van der Waals surface area contributed by atoms with Gasteiger partial charge in [-0.15, -0.1) is 11.3 Å². The Kier molecular flexibility index (Phi) is 5.07. The number of aliphatic hydroxyl groups is 2. The Labute approximate surface area is 162 Å². The molecule has 5 atom stereocenters. The third-order valence-corrected chi connectivity index (χ3v) is 8.25. The van der Waals surface area contributed by atoms with Gasteiger partial charge in [0.1, 0.15) is 0 Å². The monoisotopic (exact) mass is 418 g/mol. The van der Waals surface area contributed by atoms with Gasteiger partial charge in [0.15, 0.2) is 5.13 Å². The third-order valence-electron chi connectivity index (χ3n) is 6.55. The van der Waals surface area contributed by atoms with E-state index in [1.54, 1.807) is 0 Å². The van der Waals surface area contributed by atoms with Crippen molar-refractivity contribution < 1.29 is 28.5 Å². The third kappa shape index (κ3) is 3.48. The van der Waals surface area contributed by atoms with Crippen molar-refractivity contribution in [1.29, 1.82) is 0 Å². The minimum Gasteiger partial charge on any atom is -0.481 e. The van der Waals surface area contributed by atoms with Crippen LogP contribution < -0.4 is 4.72 Å². The average Bonchev–Trinajstić information content (AvgIpc) is 2.93. The summed E-state index contributed by atoms with van der Waals surface area (Å²) in [5.74, 6) is -1.49. The van der Waals surface area contributed by atoms with Crippen LogP contribution in [-0.4, -0.2) is 53.7 Å². The van der Waals surface area contributed by atoms with Crippen LogP contribution in [0.3, 0.4) is 0 Å². The number of anilines is 1. The fourth-order valence-electron chi connectivity index (χ4n) is 5.02. The molecule has 4 N–H and O–H groups in total. The van der Waals surface area contributed by atoms with Gasteiger partial charge in [-0.3, -0.25) is 9.52 Å². The highest BCUT2D eigenvalue weighted by Crippen LogP contribution is 2.62. The van der Waals surface area contributed by atoms with Crippen molar-refractivity contribution in [3.05, 3.63) is 10.6 Å². The first-order valence-electron chi connectivity index (χ1n) is 8.89. The van der Waals surface area contributed by atoms with Crippen LogP contribution >= 0.6 is 11.3 Å². The van der Waals surface area contributed by atoms with E-state index in [1.807, 2.05) is 13.8 Å². The summed E-state index contributed by atoms with van der Waals surface area (Å²) in [6, 6.07) is 0. The van der Waals surface area contributed by atoms with Crippen molar-refractivity contribution in [2.45, 2.75) is 51.6 Å². The van der Waals surface area contributed by atoms with Gasteiger partial charge in [0.25, 0.3) is 0 Å². The Morgan fingerprint density at radius 3 is 2.63 bits per heavy atom. The van der Waals surface area contributed by atoms with Crippen molar-refractivity contribution >= 4 is 32.5 Å². The van der Waals surface area contributed by atoms with Crippen molar-refractivity contribution in [2.75, 3.05) is 17.6 Å². The predicted molar refractivity (Wildman–Crippen MR) is 101 cm³/mol. The first kappa shape index (κ1) is 20.5. The lowest BCUT2D eigenvalue weighted by atomic mass is 9.47. The topological polar surface area (TPSA) is 137 Å². The maximum absolute atomic E-state index is 11.6. The van der Waals surface area contributed by atoms with E-state index in [-0.39, 0.29) is 24.1 Å². The number of carboxylic acid groups (broad SMARTS) is 1. The van der Waals surface area contributed by atoms with Crippen LogP contribution in [-0.2, 0) is 21.2 Å². The van der Waals surface area contributed by atoms with Crippen molar-refractivity contribution in [3.63, 3.8) is 0 Å². The zero-order valence-corrected chi connectivity index (χ0v) is 17.2. The molecule has 0 aromatic carbocycles. The number of aromatic nitrogens is 1. The molecule has 3 rings (SSSR count). The SMILES string of the molecule is CC1(CO)C(O)CCC2(C)C(CC(=O)O)c3nc(NS(C)(=O)=O)sc3CC12. The van der Waals surface area contributed by atoms with E-state index in [2.05, 4.69) is 9.71 Å². The molecule has 1 heterocycles. The minimum absolute atomic E-state index is 0.125. The molecule has 1 fully saturated rings. The first-order chi connectivity index (χ1) is 12.4. The molecule has 1 saturated carbocycles. The predicted octanol–water partition coefficient (Wildman–Crippen LogP) is 1.40. The second-order valence-corrected chi connectivity index (χ2v) is 11.2. The van der Waals surface area contributed by atoms with E-state index in [9.17, 15) is 28.5 Å². The molecule has 152 valence electrons. The molecule has 0 saturated heterocycles. The Morgan fingerprint density at radius 1 is 1.41 bits per heavy atom. The fraction of sp³-hybridized carbons (Fsp3) is 0.765. The number of thiazole rings is 1. The van der Waals surface area contributed by atoms with Crippen LogP contribution in [0.15, 0.2) is 0 Å². The first-order valence-corrected chi connectivity index (χ1v) is 11.6. The molecular formula is C17H26N2O6S2. The lowest BCUT2D eigenvalue weighted by Crippen LogP contribution is -2.57. The number of carbonyl (C=O) groups is 1.